The van der Waals surface area contributed by atoms with E-state index in [-0.39, 0.29) is 70.8 Å². The van der Waals surface area contributed by atoms with E-state index in [4.69, 9.17) is 11.6 Å². The standard InChI is InChI=1S/C80H103ClN12O10S3/c1-55(57-19-21-59(22-20-57)74-56(2)82-54-105-74)83-77(98)71-47-65(94)51-92(71)78(99)75(79(3,4)5)85-72(95)17-12-7-8-13-18-73(96)91-45-41-89(42-46-91)53-80(6)35-33-68(58-23-27-62(81)28-24-58)61(49-80)50-88-39-43-90(44-40-88)64-29-25-60(26-30-64)76(97)86-106(102,103)67-31-32-69(70(48-67)93(100)101)84-63(34-38-87-36-14-37-87)52-104-66-15-10-9-11-16-66/h9-11,15-16,19-32,48,54-55,63,65,71,75,84,94H,7-8,12-14,17-18,33-47,49-53H2,1-6H3,(H,83,98)(H,85,95)(H,86,97)/t55-,63+,65+,71-,75+,80?/m0/s1. The van der Waals surface area contributed by atoms with Crippen molar-refractivity contribution in [2.45, 2.75) is 159 Å². The first-order valence-corrected chi connectivity index (χ1v) is 41.1. The number of amides is 5. The van der Waals surface area contributed by atoms with Crippen molar-refractivity contribution < 1.29 is 42.4 Å². The molecule has 26 heteroatoms. The Labute approximate surface area is 637 Å². The van der Waals surface area contributed by atoms with Gasteiger partial charge in [-0.25, -0.2) is 18.1 Å². The van der Waals surface area contributed by atoms with Crippen LogP contribution in [0.25, 0.3) is 16.0 Å². The Hall–Kier alpha value is -7.75. The van der Waals surface area contributed by atoms with Gasteiger partial charge in [-0.1, -0.05) is 112 Å². The molecule has 1 aromatic heterocycles. The van der Waals surface area contributed by atoms with Crippen molar-refractivity contribution in [2.75, 3.05) is 108 Å². The smallest absolute Gasteiger partial charge is 0.293 e. The van der Waals surface area contributed by atoms with Gasteiger partial charge in [-0.3, -0.25) is 43.9 Å². The van der Waals surface area contributed by atoms with Gasteiger partial charge in [0.1, 0.15) is 17.8 Å². The number of aliphatic hydroxyl groups excluding tert-OH is 1. The summed E-state index contributed by atoms with van der Waals surface area (Å²) < 4.78 is 29.5. The second-order valence-corrected chi connectivity index (χ2v) is 34.7. The van der Waals surface area contributed by atoms with Crippen LogP contribution in [-0.2, 0) is 29.2 Å². The molecule has 6 atom stereocenters. The van der Waals surface area contributed by atoms with E-state index in [2.05, 4.69) is 64.3 Å². The summed E-state index contributed by atoms with van der Waals surface area (Å²) >= 11 is 9.63. The molecule has 11 rings (SSSR count). The number of aliphatic hydroxyl groups is 1. The number of β-amino-alcohol motifs (C(OH)–C–C–N with tert-alkyl or cyclic N) is 1. The van der Waals surface area contributed by atoms with Crippen LogP contribution in [0.3, 0.4) is 0 Å². The Kier molecular flexibility index (Phi) is 26.9. The quantitative estimate of drug-likeness (QED) is 0.0117. The van der Waals surface area contributed by atoms with E-state index in [1.165, 1.54) is 33.7 Å². The largest absolute Gasteiger partial charge is 0.391 e. The number of aryl methyl sites for hydroxylation is 1. The number of aromatic nitrogens is 1. The van der Waals surface area contributed by atoms with Crippen LogP contribution in [0.2, 0.25) is 5.02 Å². The molecule has 5 N–H and O–H groups in total. The van der Waals surface area contributed by atoms with E-state index in [0.717, 1.165) is 155 Å². The lowest BCUT2D eigenvalue weighted by atomic mass is 9.71. The minimum atomic E-state index is -4.50. The highest BCUT2D eigenvalue weighted by Gasteiger charge is 2.45. The summed E-state index contributed by atoms with van der Waals surface area (Å²) in [6, 6.07) is 34.3. The first kappa shape index (κ1) is 79.3. The van der Waals surface area contributed by atoms with Gasteiger partial charge >= 0.3 is 0 Å². The predicted octanol–water partition coefficient (Wildman–Crippen LogP) is 12.1. The van der Waals surface area contributed by atoms with Gasteiger partial charge in [0.25, 0.3) is 21.6 Å². The minimum absolute atomic E-state index is 0.00808. The molecular weight excluding hydrogens is 1420 g/mol. The number of nitro benzene ring substituents is 1. The number of anilines is 2. The Morgan fingerprint density at radius 1 is 0.811 bits per heavy atom. The Balaban J connectivity index is 0.603. The molecule has 5 amide bonds. The lowest BCUT2D eigenvalue weighted by molar-refractivity contribution is -0.384. The number of allylic oxidation sites excluding steroid dienone is 1. The van der Waals surface area contributed by atoms with E-state index >= 15 is 0 Å². The zero-order valence-electron chi connectivity index (χ0n) is 61.9. The summed E-state index contributed by atoms with van der Waals surface area (Å²) in [5.41, 5.74) is 8.90. The van der Waals surface area contributed by atoms with Gasteiger partial charge < -0.3 is 40.7 Å². The zero-order chi connectivity index (χ0) is 75.3. The van der Waals surface area contributed by atoms with E-state index in [0.29, 0.717) is 43.1 Å². The van der Waals surface area contributed by atoms with Crippen LogP contribution >= 0.6 is 34.7 Å². The summed E-state index contributed by atoms with van der Waals surface area (Å²) in [5.74, 6) is -1.06. The number of thioether (sulfide) groups is 1. The van der Waals surface area contributed by atoms with Crippen LogP contribution < -0.4 is 25.6 Å². The Morgan fingerprint density at radius 2 is 1.49 bits per heavy atom. The van der Waals surface area contributed by atoms with Crippen LogP contribution in [0.5, 0.6) is 0 Å². The van der Waals surface area contributed by atoms with Gasteiger partial charge in [0, 0.05) is 137 Å². The molecule has 4 saturated heterocycles. The SMILES string of the molecule is Cc1ncsc1-c1ccc([C@H](C)NC(=O)[C@@H]2C[C@@H](O)CN2C(=O)[C@@H](NC(=O)CCCCCCC(=O)N2CCN(CC3(C)CCC(c4ccc(Cl)cc4)=C(CN4CCN(c5ccc(C(=O)NS(=O)(=O)c6ccc(N[C@H](CCN7CCC7)CSc7ccccc7)c([N+](=O)[O-])c6)cc5)CC4)C3)CC2)C(C)(C)C)cc1. The van der Waals surface area contributed by atoms with Crippen molar-refractivity contribution in [1.29, 1.82) is 0 Å². The van der Waals surface area contributed by atoms with E-state index in [1.54, 1.807) is 35.2 Å². The zero-order valence-corrected chi connectivity index (χ0v) is 65.1. The number of carbonyl (C=O) groups is 5. The van der Waals surface area contributed by atoms with Crippen LogP contribution in [0, 0.1) is 27.9 Å². The van der Waals surface area contributed by atoms with Gasteiger partial charge in [0.2, 0.25) is 23.6 Å². The molecule has 5 heterocycles. The molecule has 22 nitrogen and oxygen atoms in total. The van der Waals surface area contributed by atoms with Crippen LogP contribution in [0.4, 0.5) is 17.1 Å². The first-order valence-electron chi connectivity index (χ1n) is 37.4. The maximum Gasteiger partial charge on any atom is 0.293 e. The number of nitrogens with one attached hydrogen (secondary N) is 4. The van der Waals surface area contributed by atoms with Crippen LogP contribution in [0.15, 0.2) is 142 Å². The highest BCUT2D eigenvalue weighted by atomic mass is 35.5. The number of thiazole rings is 1. The number of benzene rings is 5. The number of halogens is 1. The molecule has 0 radical (unpaired) electrons. The van der Waals surface area contributed by atoms with Crippen molar-refractivity contribution in [3.8, 4) is 10.4 Å². The van der Waals surface area contributed by atoms with Gasteiger partial charge in [-0.2, -0.15) is 0 Å². The number of piperazine rings is 2. The topological polar surface area (TPSA) is 263 Å². The van der Waals surface area contributed by atoms with Gasteiger partial charge in [-0.05, 0) is 166 Å². The normalized spacial score (nSPS) is 20.0. The highest BCUT2D eigenvalue weighted by molar-refractivity contribution is 7.99. The molecule has 1 unspecified atom stereocenters. The fourth-order valence-corrected chi connectivity index (χ4v) is 18.1. The van der Waals surface area contributed by atoms with Crippen molar-refractivity contribution in [3.63, 3.8) is 0 Å². The highest BCUT2D eigenvalue weighted by Crippen LogP contribution is 2.44. The van der Waals surface area contributed by atoms with Crippen LogP contribution in [0.1, 0.15) is 145 Å². The molecule has 0 bridgehead atoms. The number of carbonyl (C=O) groups excluding carboxylic acids is 5. The lowest BCUT2D eigenvalue weighted by Crippen LogP contribution is -2.57. The number of hydrogen-bond acceptors (Lipinski definition) is 18. The fraction of sp³-hybridized carbons (Fsp3) is 0.500. The molecule has 0 saturated carbocycles. The average Bonchev–Trinajstić information content (AvgIpc) is 1.65. The van der Waals surface area contributed by atoms with Crippen molar-refractivity contribution in [2.24, 2.45) is 10.8 Å². The summed E-state index contributed by atoms with van der Waals surface area (Å²) in [6.07, 6.45) is 7.53. The van der Waals surface area contributed by atoms with Gasteiger partial charge in [0.05, 0.1) is 38.0 Å². The third-order valence-electron chi connectivity index (χ3n) is 21.5. The minimum Gasteiger partial charge on any atom is -0.391 e. The molecule has 5 aliphatic rings. The Morgan fingerprint density at radius 3 is 2.14 bits per heavy atom. The maximum atomic E-state index is 14.3. The second kappa shape index (κ2) is 36.0. The van der Waals surface area contributed by atoms with E-state index in [9.17, 15) is 47.6 Å². The van der Waals surface area contributed by atoms with Crippen molar-refractivity contribution >= 4 is 96.9 Å². The number of unbranched alkanes of at least 4 members (excludes halogenated alkanes) is 3. The first-order chi connectivity index (χ1) is 50.7. The monoisotopic (exact) mass is 1520 g/mol. The summed E-state index contributed by atoms with van der Waals surface area (Å²) in [6.45, 7) is 22.6. The second-order valence-electron chi connectivity index (χ2n) is 30.7. The summed E-state index contributed by atoms with van der Waals surface area (Å²) in [5, 5.41) is 33.3. The number of rotatable bonds is 31. The summed E-state index contributed by atoms with van der Waals surface area (Å²) in [4.78, 5) is 99.8. The Bertz CT molecular complexity index is 4180. The molecule has 4 fully saturated rings. The van der Waals surface area contributed by atoms with E-state index in [1.807, 2.05) is 124 Å². The molecule has 568 valence electrons. The van der Waals surface area contributed by atoms with Crippen LogP contribution in [-0.4, -0.2) is 199 Å². The molecule has 1 aliphatic carbocycles. The van der Waals surface area contributed by atoms with E-state index < -0.39 is 56.1 Å². The number of likely N-dealkylation sites (tertiary alicyclic amines) is 2. The molecule has 4 aliphatic heterocycles. The third-order valence-corrected chi connectivity index (χ3v) is 25.2. The van der Waals surface area contributed by atoms with Crippen molar-refractivity contribution in [3.05, 3.63) is 170 Å². The van der Waals surface area contributed by atoms with Gasteiger partial charge in [0.15, 0.2) is 0 Å². The molecule has 106 heavy (non-hydrogen) atoms. The maximum absolute atomic E-state index is 14.3. The van der Waals surface area contributed by atoms with Crippen molar-refractivity contribution in [1.82, 2.24) is 44.8 Å². The molecule has 6 aromatic rings. The fourth-order valence-electron chi connectivity index (χ4n) is 15.1. The lowest BCUT2D eigenvalue weighted by Gasteiger charge is -2.44. The average molecular weight is 1520 g/mol. The number of hydrogen-bond donors (Lipinski definition) is 5. The summed E-state index contributed by atoms with van der Waals surface area (Å²) in [7, 11) is -4.50. The number of sulfonamides is 1. The predicted molar refractivity (Wildman–Crippen MR) is 421 cm³/mol. The molecule has 0 spiro atoms. The number of nitro groups is 1. The molecule has 5 aromatic carbocycles. The molecular formula is C80H103ClN12O10S3. The van der Waals surface area contributed by atoms with Gasteiger partial charge in [-0.15, -0.1) is 23.1 Å². The number of nitrogens with zero attached hydrogens (tertiary/aromatic N) is 8. The third kappa shape index (κ3) is 21.1.